The van der Waals surface area contributed by atoms with Crippen LogP contribution in [0.1, 0.15) is 20.7 Å². The lowest BCUT2D eigenvalue weighted by Gasteiger charge is -2.06. The van der Waals surface area contributed by atoms with E-state index in [2.05, 4.69) is 27.9 Å². The van der Waals surface area contributed by atoms with Crippen molar-refractivity contribution in [1.82, 2.24) is 0 Å². The SMILES string of the molecule is O=C(O)c1cccc(C(=O)Nc2ccc(I)cc2)c1. The van der Waals surface area contributed by atoms with Gasteiger partial charge in [-0.3, -0.25) is 4.79 Å². The summed E-state index contributed by atoms with van der Waals surface area (Å²) >= 11 is 2.18. The molecule has 4 nitrogen and oxygen atoms in total. The fourth-order valence-corrected chi connectivity index (χ4v) is 1.89. The number of anilines is 1. The zero-order chi connectivity index (χ0) is 13.8. The highest BCUT2D eigenvalue weighted by Gasteiger charge is 2.09. The molecule has 0 spiro atoms. The Bertz CT molecular complexity index is 623. The van der Waals surface area contributed by atoms with E-state index in [1.807, 2.05) is 12.1 Å². The number of aromatic carboxylic acids is 1. The molecule has 0 fully saturated rings. The van der Waals surface area contributed by atoms with E-state index in [9.17, 15) is 9.59 Å². The largest absolute Gasteiger partial charge is 0.478 e. The molecule has 0 aliphatic rings. The summed E-state index contributed by atoms with van der Waals surface area (Å²) in [6.07, 6.45) is 0. The summed E-state index contributed by atoms with van der Waals surface area (Å²) in [5, 5.41) is 11.6. The van der Waals surface area contributed by atoms with Crippen molar-refractivity contribution in [2.75, 3.05) is 5.32 Å². The highest BCUT2D eigenvalue weighted by Crippen LogP contribution is 2.13. The first kappa shape index (κ1) is 13.5. The Balaban J connectivity index is 2.18. The minimum atomic E-state index is -1.05. The molecule has 0 aromatic heterocycles. The third kappa shape index (κ3) is 3.54. The van der Waals surface area contributed by atoms with Crippen LogP contribution in [0.5, 0.6) is 0 Å². The number of amides is 1. The smallest absolute Gasteiger partial charge is 0.335 e. The second-order valence-electron chi connectivity index (χ2n) is 3.85. The maximum atomic E-state index is 12.0. The number of halogens is 1. The van der Waals surface area contributed by atoms with Gasteiger partial charge in [0.05, 0.1) is 5.56 Å². The standard InChI is InChI=1S/C14H10INO3/c15-11-4-6-12(7-5-11)16-13(17)9-2-1-3-10(8-9)14(18)19/h1-8H,(H,16,17)(H,18,19). The number of carboxylic acid groups (broad SMARTS) is 1. The lowest BCUT2D eigenvalue weighted by molar-refractivity contribution is 0.0697. The number of hydrogen-bond donors (Lipinski definition) is 2. The molecule has 0 radical (unpaired) electrons. The van der Waals surface area contributed by atoms with Gasteiger partial charge in [0, 0.05) is 14.8 Å². The van der Waals surface area contributed by atoms with Crippen LogP contribution < -0.4 is 5.32 Å². The summed E-state index contributed by atoms with van der Waals surface area (Å²) in [6.45, 7) is 0. The molecule has 0 saturated heterocycles. The van der Waals surface area contributed by atoms with Gasteiger partial charge in [-0.25, -0.2) is 4.79 Å². The predicted molar refractivity (Wildman–Crippen MR) is 80.5 cm³/mol. The van der Waals surface area contributed by atoms with Crippen LogP contribution in [0.4, 0.5) is 5.69 Å². The zero-order valence-electron chi connectivity index (χ0n) is 9.76. The average molecular weight is 367 g/mol. The van der Waals surface area contributed by atoms with E-state index in [-0.39, 0.29) is 11.5 Å². The predicted octanol–water partition coefficient (Wildman–Crippen LogP) is 3.24. The molecule has 96 valence electrons. The first-order chi connectivity index (χ1) is 9.06. The van der Waals surface area contributed by atoms with Gasteiger partial charge in [0.25, 0.3) is 5.91 Å². The zero-order valence-corrected chi connectivity index (χ0v) is 11.9. The van der Waals surface area contributed by atoms with Crippen molar-refractivity contribution < 1.29 is 14.7 Å². The van der Waals surface area contributed by atoms with Crippen molar-refractivity contribution in [1.29, 1.82) is 0 Å². The third-order valence-corrected chi connectivity index (χ3v) is 3.19. The number of carbonyl (C=O) groups excluding carboxylic acids is 1. The first-order valence-corrected chi connectivity index (χ1v) is 6.54. The van der Waals surface area contributed by atoms with E-state index in [0.717, 1.165) is 3.57 Å². The summed E-state index contributed by atoms with van der Waals surface area (Å²) < 4.78 is 1.07. The van der Waals surface area contributed by atoms with E-state index >= 15 is 0 Å². The number of hydrogen-bond acceptors (Lipinski definition) is 2. The quantitative estimate of drug-likeness (QED) is 0.819. The van der Waals surface area contributed by atoms with Gasteiger partial charge in [-0.05, 0) is 65.1 Å². The fourth-order valence-electron chi connectivity index (χ4n) is 1.53. The number of carboxylic acids is 1. The van der Waals surface area contributed by atoms with Crippen molar-refractivity contribution in [3.63, 3.8) is 0 Å². The molecule has 2 N–H and O–H groups in total. The van der Waals surface area contributed by atoms with Gasteiger partial charge in [0.2, 0.25) is 0 Å². The summed E-state index contributed by atoms with van der Waals surface area (Å²) in [6, 6.07) is 13.3. The highest BCUT2D eigenvalue weighted by atomic mass is 127. The number of benzene rings is 2. The third-order valence-electron chi connectivity index (χ3n) is 2.47. The molecule has 2 aromatic carbocycles. The van der Waals surface area contributed by atoms with Gasteiger partial charge in [0.15, 0.2) is 0 Å². The molecular formula is C14H10INO3. The van der Waals surface area contributed by atoms with Crippen molar-refractivity contribution >= 4 is 40.2 Å². The van der Waals surface area contributed by atoms with Crippen LogP contribution in [-0.4, -0.2) is 17.0 Å². The fraction of sp³-hybridized carbons (Fsp3) is 0. The average Bonchev–Trinajstić information content (AvgIpc) is 2.41. The highest BCUT2D eigenvalue weighted by molar-refractivity contribution is 14.1. The monoisotopic (exact) mass is 367 g/mol. The van der Waals surface area contributed by atoms with Crippen LogP contribution in [0.2, 0.25) is 0 Å². The molecule has 0 heterocycles. The Morgan fingerprint density at radius 1 is 1.00 bits per heavy atom. The Kier molecular flexibility index (Phi) is 4.16. The van der Waals surface area contributed by atoms with Crippen molar-refractivity contribution in [3.05, 3.63) is 63.2 Å². The van der Waals surface area contributed by atoms with E-state index in [1.165, 1.54) is 12.1 Å². The maximum Gasteiger partial charge on any atom is 0.335 e. The molecule has 2 aromatic rings. The molecule has 0 saturated carbocycles. The van der Waals surface area contributed by atoms with E-state index in [1.54, 1.807) is 24.3 Å². The maximum absolute atomic E-state index is 12.0. The van der Waals surface area contributed by atoms with Crippen LogP contribution in [0, 0.1) is 3.57 Å². The molecule has 0 unspecified atom stereocenters. The molecule has 19 heavy (non-hydrogen) atoms. The Morgan fingerprint density at radius 3 is 2.26 bits per heavy atom. The topological polar surface area (TPSA) is 66.4 Å². The normalized spacial score (nSPS) is 9.95. The molecule has 0 atom stereocenters. The first-order valence-electron chi connectivity index (χ1n) is 5.46. The molecule has 0 aliphatic carbocycles. The second-order valence-corrected chi connectivity index (χ2v) is 5.09. The summed E-state index contributed by atoms with van der Waals surface area (Å²) in [7, 11) is 0. The van der Waals surface area contributed by atoms with Gasteiger partial charge in [-0.15, -0.1) is 0 Å². The molecular weight excluding hydrogens is 357 g/mol. The number of carbonyl (C=O) groups is 2. The Morgan fingerprint density at radius 2 is 1.63 bits per heavy atom. The summed E-state index contributed by atoms with van der Waals surface area (Å²) in [5.41, 5.74) is 1.08. The van der Waals surface area contributed by atoms with E-state index in [0.29, 0.717) is 11.3 Å². The van der Waals surface area contributed by atoms with Gasteiger partial charge in [0.1, 0.15) is 0 Å². The van der Waals surface area contributed by atoms with Gasteiger partial charge in [-0.2, -0.15) is 0 Å². The van der Waals surface area contributed by atoms with E-state index in [4.69, 9.17) is 5.11 Å². The molecule has 2 rings (SSSR count). The number of rotatable bonds is 3. The van der Waals surface area contributed by atoms with Crippen molar-refractivity contribution in [2.45, 2.75) is 0 Å². The summed E-state index contributed by atoms with van der Waals surface area (Å²) in [4.78, 5) is 22.8. The second kappa shape index (κ2) is 5.83. The molecule has 1 amide bonds. The van der Waals surface area contributed by atoms with Crippen LogP contribution in [-0.2, 0) is 0 Å². The number of nitrogens with one attached hydrogen (secondary N) is 1. The van der Waals surface area contributed by atoms with Crippen LogP contribution in [0.15, 0.2) is 48.5 Å². The minimum absolute atomic E-state index is 0.0928. The summed E-state index contributed by atoms with van der Waals surface area (Å²) in [5.74, 6) is -1.38. The minimum Gasteiger partial charge on any atom is -0.478 e. The van der Waals surface area contributed by atoms with Crippen LogP contribution in [0.3, 0.4) is 0 Å². The molecule has 0 bridgehead atoms. The van der Waals surface area contributed by atoms with Crippen molar-refractivity contribution in [3.8, 4) is 0 Å². The van der Waals surface area contributed by atoms with Crippen molar-refractivity contribution in [2.24, 2.45) is 0 Å². The molecule has 0 aliphatic heterocycles. The lowest BCUT2D eigenvalue weighted by atomic mass is 10.1. The molecule has 5 heteroatoms. The van der Waals surface area contributed by atoms with Gasteiger partial charge < -0.3 is 10.4 Å². The lowest BCUT2D eigenvalue weighted by Crippen LogP contribution is -2.12. The Hall–Kier alpha value is -1.89. The van der Waals surface area contributed by atoms with E-state index < -0.39 is 5.97 Å². The van der Waals surface area contributed by atoms with Crippen LogP contribution in [0.25, 0.3) is 0 Å². The van der Waals surface area contributed by atoms with Gasteiger partial charge >= 0.3 is 5.97 Å². The van der Waals surface area contributed by atoms with Gasteiger partial charge in [-0.1, -0.05) is 6.07 Å². The Labute approximate surface area is 123 Å². The van der Waals surface area contributed by atoms with Crippen LogP contribution >= 0.6 is 22.6 Å².